The van der Waals surface area contributed by atoms with E-state index < -0.39 is 75.1 Å². The second-order valence-electron chi connectivity index (χ2n) is 9.78. The van der Waals surface area contributed by atoms with Gasteiger partial charge in [0.25, 0.3) is 17.7 Å². The number of thiazole rings is 1. The Balaban J connectivity index is 1.56. The molecule has 244 valence electrons. The lowest BCUT2D eigenvalue weighted by Crippen LogP contribution is -2.74. The zero-order valence-electron chi connectivity index (χ0n) is 23.4. The SMILES string of the molecule is CC(C)(O/N=C(\C(=O)NC1C(=O)N(S(=O)(=O)O)[C@H]1CNC(=O)c1ccnc(-c2cc(=O)c(O)cn2O)n1)c1csc(N)n1)C(=O)O. The van der Waals surface area contributed by atoms with Crippen LogP contribution in [0.15, 0.2) is 39.9 Å². The van der Waals surface area contributed by atoms with Crippen LogP contribution in [0, 0.1) is 0 Å². The average molecular weight is 682 g/mol. The number of carboxylic acid groups (broad SMARTS) is 1. The van der Waals surface area contributed by atoms with Gasteiger partial charge in [-0.15, -0.1) is 11.3 Å². The molecule has 3 aromatic rings. The van der Waals surface area contributed by atoms with Gasteiger partial charge in [0, 0.05) is 24.2 Å². The quantitative estimate of drug-likeness (QED) is 0.0371. The summed E-state index contributed by atoms with van der Waals surface area (Å²) in [6.07, 6.45) is 1.77. The Labute approximate surface area is 260 Å². The van der Waals surface area contributed by atoms with Crippen molar-refractivity contribution in [1.82, 2.24) is 34.6 Å². The summed E-state index contributed by atoms with van der Waals surface area (Å²) in [5.74, 6) is -5.98. The fourth-order valence-electron chi connectivity index (χ4n) is 3.75. The van der Waals surface area contributed by atoms with Crippen molar-refractivity contribution in [3.63, 3.8) is 0 Å². The number of anilines is 1. The summed E-state index contributed by atoms with van der Waals surface area (Å²) in [6, 6.07) is -1.35. The van der Waals surface area contributed by atoms with Crippen molar-refractivity contribution < 1.29 is 52.4 Å². The van der Waals surface area contributed by atoms with Crippen molar-refractivity contribution in [3.8, 4) is 17.3 Å². The van der Waals surface area contributed by atoms with Crippen LogP contribution in [0.2, 0.25) is 0 Å². The van der Waals surface area contributed by atoms with Gasteiger partial charge in [0.2, 0.25) is 11.0 Å². The number of oxime groups is 1. The molecule has 23 heteroatoms. The number of carbonyl (C=O) groups excluding carboxylic acids is 3. The van der Waals surface area contributed by atoms with Crippen molar-refractivity contribution in [3.05, 3.63) is 51.5 Å². The highest BCUT2D eigenvalue weighted by atomic mass is 32.2. The van der Waals surface area contributed by atoms with Gasteiger partial charge in [-0.3, -0.25) is 23.7 Å². The monoisotopic (exact) mass is 681 g/mol. The van der Waals surface area contributed by atoms with E-state index in [-0.39, 0.29) is 32.3 Å². The number of nitrogens with zero attached hydrogens (tertiary/aromatic N) is 6. The second kappa shape index (κ2) is 12.4. The summed E-state index contributed by atoms with van der Waals surface area (Å²) in [7, 11) is -5.18. The van der Waals surface area contributed by atoms with E-state index in [1.165, 1.54) is 5.38 Å². The van der Waals surface area contributed by atoms with Crippen molar-refractivity contribution in [2.75, 3.05) is 12.3 Å². The maximum Gasteiger partial charge on any atom is 0.362 e. The van der Waals surface area contributed by atoms with Gasteiger partial charge < -0.3 is 36.6 Å². The number of nitrogens with one attached hydrogen (secondary N) is 2. The van der Waals surface area contributed by atoms with E-state index in [1.54, 1.807) is 0 Å². The number of aliphatic carboxylic acids is 1. The number of nitrogens with two attached hydrogens (primary N) is 1. The molecule has 0 spiro atoms. The number of pyridine rings is 1. The summed E-state index contributed by atoms with van der Waals surface area (Å²) in [5, 5.41) is 38.1. The molecule has 3 aromatic heterocycles. The van der Waals surface area contributed by atoms with Crippen LogP contribution in [0.1, 0.15) is 30.0 Å². The van der Waals surface area contributed by atoms with Gasteiger partial charge in [-0.05, 0) is 19.9 Å². The number of hydrogen-bond donors (Lipinski definition) is 7. The fraction of sp³-hybridized carbons (Fsp3) is 0.261. The molecule has 0 saturated carbocycles. The summed E-state index contributed by atoms with van der Waals surface area (Å²) < 4.78 is 33.8. The Morgan fingerprint density at radius 1 is 1.22 bits per heavy atom. The predicted octanol–water partition coefficient (Wildman–Crippen LogP) is -2.20. The van der Waals surface area contributed by atoms with E-state index in [0.717, 1.165) is 43.5 Å². The number of hydrogen-bond acceptors (Lipinski definition) is 16. The molecular weight excluding hydrogens is 658 g/mol. The Hall–Kier alpha value is -5.68. The van der Waals surface area contributed by atoms with Gasteiger partial charge >= 0.3 is 16.3 Å². The molecule has 3 amide bonds. The maximum absolute atomic E-state index is 13.2. The minimum atomic E-state index is -5.18. The number of aromatic hydroxyl groups is 1. The molecule has 0 radical (unpaired) electrons. The molecule has 1 aliphatic rings. The first-order valence-corrected chi connectivity index (χ1v) is 14.8. The maximum atomic E-state index is 13.2. The van der Waals surface area contributed by atoms with Crippen LogP contribution >= 0.6 is 11.3 Å². The van der Waals surface area contributed by atoms with Gasteiger partial charge in [0.15, 0.2) is 22.4 Å². The molecule has 0 bridgehead atoms. The molecular formula is C23H23N9O12S2. The molecule has 0 aliphatic carbocycles. The lowest BCUT2D eigenvalue weighted by Gasteiger charge is -2.44. The van der Waals surface area contributed by atoms with Gasteiger partial charge in [-0.25, -0.2) is 24.1 Å². The third kappa shape index (κ3) is 6.84. The van der Waals surface area contributed by atoms with Crippen LogP contribution in [-0.4, -0.2) is 106 Å². The number of carboxylic acids is 1. The van der Waals surface area contributed by atoms with E-state index in [0.29, 0.717) is 10.9 Å². The molecule has 0 aromatic carbocycles. The highest BCUT2D eigenvalue weighted by Gasteiger charge is 2.54. The number of carbonyl (C=O) groups is 4. The van der Waals surface area contributed by atoms with E-state index in [2.05, 4.69) is 30.7 Å². The molecule has 1 unspecified atom stereocenters. The van der Waals surface area contributed by atoms with Crippen LogP contribution in [0.4, 0.5) is 5.13 Å². The summed E-state index contributed by atoms with van der Waals surface area (Å²) in [4.78, 5) is 78.7. The Kier molecular flexibility index (Phi) is 8.93. The summed E-state index contributed by atoms with van der Waals surface area (Å²) in [6.45, 7) is 1.59. The third-order valence-electron chi connectivity index (χ3n) is 6.16. The smallest absolute Gasteiger partial charge is 0.362 e. The molecule has 1 fully saturated rings. The van der Waals surface area contributed by atoms with Gasteiger partial charge in [0.1, 0.15) is 23.1 Å². The first-order chi connectivity index (χ1) is 21.4. The highest BCUT2D eigenvalue weighted by molar-refractivity contribution is 7.84. The molecule has 1 saturated heterocycles. The zero-order valence-corrected chi connectivity index (χ0v) is 25.0. The first-order valence-electron chi connectivity index (χ1n) is 12.5. The molecule has 8 N–H and O–H groups in total. The van der Waals surface area contributed by atoms with E-state index in [1.807, 2.05) is 0 Å². The van der Waals surface area contributed by atoms with Crippen LogP contribution in [0.3, 0.4) is 0 Å². The van der Waals surface area contributed by atoms with E-state index >= 15 is 0 Å². The van der Waals surface area contributed by atoms with Crippen LogP contribution < -0.4 is 21.8 Å². The van der Waals surface area contributed by atoms with Crippen LogP contribution in [0.25, 0.3) is 11.5 Å². The Morgan fingerprint density at radius 2 is 1.91 bits per heavy atom. The summed E-state index contributed by atoms with van der Waals surface area (Å²) >= 11 is 0.891. The molecule has 4 rings (SSSR count). The molecule has 46 heavy (non-hydrogen) atoms. The number of rotatable bonds is 11. The number of β-lactam (4-membered cyclic amide) rings is 1. The van der Waals surface area contributed by atoms with Gasteiger partial charge in [-0.1, -0.05) is 5.16 Å². The molecule has 2 atom stereocenters. The standard InChI is InChI=1S/C23H23N9O12S2/c1-23(2,21(38)39)44-30-15(10-8-45-22(24)28-10)19(36)29-16-12(32(20(16)37)46(41,42)43)6-26-18(35)9-3-4-25-17(27-9)11-5-13(33)14(34)7-31(11)40/h3-5,7-8,12,16,34,40H,6H2,1-2H3,(H2,24,28)(H,26,35)(H,29,36)(H,38,39)(H,41,42,43)/b30-15-/t12-,16?/m0/s1. The van der Waals surface area contributed by atoms with Crippen molar-refractivity contribution >= 4 is 56.2 Å². The van der Waals surface area contributed by atoms with Gasteiger partial charge in [-0.2, -0.15) is 13.1 Å². The minimum absolute atomic E-state index is 0.00617. The second-order valence-corrected chi connectivity index (χ2v) is 12.0. The number of nitrogen functional groups attached to an aromatic ring is 1. The average Bonchev–Trinajstić information content (AvgIpc) is 3.40. The summed E-state index contributed by atoms with van der Waals surface area (Å²) in [5.41, 5.74) is 1.37. The van der Waals surface area contributed by atoms with E-state index in [4.69, 9.17) is 10.6 Å². The number of aromatic nitrogens is 4. The Morgan fingerprint density at radius 3 is 2.52 bits per heavy atom. The minimum Gasteiger partial charge on any atom is -0.503 e. The van der Waals surface area contributed by atoms with Crippen molar-refractivity contribution in [2.24, 2.45) is 5.16 Å². The largest absolute Gasteiger partial charge is 0.503 e. The fourth-order valence-corrected chi connectivity index (χ4v) is 5.17. The van der Waals surface area contributed by atoms with Crippen molar-refractivity contribution in [1.29, 1.82) is 0 Å². The normalized spacial score (nSPS) is 16.8. The highest BCUT2D eigenvalue weighted by Crippen LogP contribution is 2.24. The molecule has 1 aliphatic heterocycles. The molecule has 4 heterocycles. The van der Waals surface area contributed by atoms with Crippen molar-refractivity contribution in [2.45, 2.75) is 31.5 Å². The van der Waals surface area contributed by atoms with Gasteiger partial charge in [0.05, 0.1) is 12.2 Å². The topological polar surface area (TPSA) is 319 Å². The predicted molar refractivity (Wildman–Crippen MR) is 153 cm³/mol. The Bertz CT molecular complexity index is 1940. The lowest BCUT2D eigenvalue weighted by molar-refractivity contribution is -0.161. The van der Waals surface area contributed by atoms with Crippen LogP contribution in [0.5, 0.6) is 5.75 Å². The molecule has 21 nitrogen and oxygen atoms in total. The lowest BCUT2D eigenvalue weighted by atomic mass is 9.98. The third-order valence-corrected chi connectivity index (χ3v) is 7.79. The first kappa shape index (κ1) is 33.2. The van der Waals surface area contributed by atoms with E-state index in [9.17, 15) is 52.4 Å². The van der Waals surface area contributed by atoms with Crippen LogP contribution in [-0.2, 0) is 29.5 Å². The number of amides is 3. The zero-order chi connectivity index (χ0) is 34.1.